The fourth-order valence-electron chi connectivity index (χ4n) is 9.41. The lowest BCUT2D eigenvalue weighted by molar-refractivity contribution is -0.146. The van der Waals surface area contributed by atoms with Crippen molar-refractivity contribution in [3.05, 3.63) is 124 Å². The number of imidazole rings is 2. The van der Waals surface area contributed by atoms with Gasteiger partial charge in [0, 0.05) is 7.05 Å². The number of aliphatic hydroxyl groups excluding tert-OH is 2. The average Bonchev–Trinajstić information content (AvgIpc) is 1.61. The number of esters is 2. The number of allylic oxidation sites excluding steroid dienone is 2. The number of nitrogens with zero attached hydrogens (tertiary/aromatic N) is 8. The van der Waals surface area contributed by atoms with Crippen molar-refractivity contribution in [1.82, 2.24) is 49.2 Å². The van der Waals surface area contributed by atoms with E-state index in [1.807, 2.05) is 0 Å². The molecule has 0 amide bonds. The number of carbonyl (C=O) groups excluding carboxylic acids is 2. The lowest BCUT2D eigenvalue weighted by atomic mass is 9.96. The highest BCUT2D eigenvalue weighted by Gasteiger charge is 2.56. The summed E-state index contributed by atoms with van der Waals surface area (Å²) in [6, 6.07) is 14.3. The first-order valence-electron chi connectivity index (χ1n) is 30.1. The van der Waals surface area contributed by atoms with Crippen LogP contribution >= 0.6 is 15.5 Å². The van der Waals surface area contributed by atoms with E-state index in [0.29, 0.717) is 37.8 Å². The van der Waals surface area contributed by atoms with Crippen molar-refractivity contribution in [1.29, 1.82) is 0 Å². The molecule has 0 aliphatic carbocycles. The van der Waals surface area contributed by atoms with E-state index < -0.39 is 101 Å². The number of nitrogens with one attached hydrogen (secondary N) is 3. The number of anilines is 2. The van der Waals surface area contributed by atoms with Crippen LogP contribution in [-0.2, 0) is 46.7 Å². The van der Waals surface area contributed by atoms with Gasteiger partial charge >= 0.3 is 27.4 Å². The SMILES string of the molecule is C=CCCCCOC(=O)[C@H](C)NP(=O)(OCC1OC(n2cnc3c(OCCC=C)nc(N)nc32)[C@](C)(O)[C@@H]1O)Oc1ccccc1.C=CCCCCOC(=O)[C@H](C)NP(=O)(OCC1OC(n2cnc3c(OCCC=C)nc(NC)nc32)[C@](C)(O)[C@@H]1O)Oc1ccccc1. The molecule has 2 saturated heterocycles. The van der Waals surface area contributed by atoms with Gasteiger partial charge in [-0.05, 0) is 103 Å². The molecule has 0 spiro atoms. The lowest BCUT2D eigenvalue weighted by Gasteiger charge is -2.27. The molecular formula is C61H84N12O18P2. The second-order valence-electron chi connectivity index (χ2n) is 21.9. The molecule has 506 valence electrons. The summed E-state index contributed by atoms with van der Waals surface area (Å²) in [6.07, 6.45) is 7.50. The van der Waals surface area contributed by atoms with Gasteiger partial charge in [-0.25, -0.2) is 19.1 Å². The number of ether oxygens (including phenoxy) is 6. The maximum atomic E-state index is 14.0. The molecule has 30 nitrogen and oxygen atoms in total. The summed E-state index contributed by atoms with van der Waals surface area (Å²) in [7, 11) is -6.92. The largest absolute Gasteiger partial charge is 0.476 e. The fraction of sp³-hybridized carbons (Fsp3) is 0.475. The number of aromatic nitrogens is 8. The Kier molecular flexibility index (Phi) is 26.5. The number of hydrogen-bond donors (Lipinski definition) is 8. The first-order valence-corrected chi connectivity index (χ1v) is 33.2. The Morgan fingerprint density at radius 3 is 1.45 bits per heavy atom. The zero-order chi connectivity index (χ0) is 67.3. The minimum Gasteiger partial charge on any atom is -0.476 e. The van der Waals surface area contributed by atoms with Crippen molar-refractivity contribution in [3.8, 4) is 23.3 Å². The van der Waals surface area contributed by atoms with Crippen molar-refractivity contribution in [3.63, 3.8) is 0 Å². The van der Waals surface area contributed by atoms with Gasteiger partial charge in [-0.15, -0.1) is 26.3 Å². The van der Waals surface area contributed by atoms with Gasteiger partial charge in [-0.3, -0.25) is 27.8 Å². The topological polar surface area (TPSA) is 391 Å². The second-order valence-corrected chi connectivity index (χ2v) is 25.3. The molecular weight excluding hydrogens is 1250 g/mol. The van der Waals surface area contributed by atoms with Gasteiger partial charge in [0.15, 0.2) is 34.8 Å². The van der Waals surface area contributed by atoms with Crippen molar-refractivity contribution in [2.75, 3.05) is 57.7 Å². The first kappa shape index (κ1) is 72.7. The number of para-hydroxylation sites is 2. The zero-order valence-corrected chi connectivity index (χ0v) is 54.4. The molecule has 2 aliphatic heterocycles. The van der Waals surface area contributed by atoms with Gasteiger partial charge in [-0.1, -0.05) is 60.7 Å². The summed E-state index contributed by atoms with van der Waals surface area (Å²) in [5.41, 5.74) is 3.18. The maximum Gasteiger partial charge on any atom is 0.459 e. The zero-order valence-electron chi connectivity index (χ0n) is 52.6. The highest BCUT2D eigenvalue weighted by molar-refractivity contribution is 7.52. The van der Waals surface area contributed by atoms with Crippen LogP contribution in [0.3, 0.4) is 0 Å². The van der Waals surface area contributed by atoms with Gasteiger partial charge in [-0.2, -0.15) is 30.1 Å². The third kappa shape index (κ3) is 19.2. The lowest BCUT2D eigenvalue weighted by Crippen LogP contribution is -2.44. The number of nitrogen functional groups attached to an aromatic ring is 1. The van der Waals surface area contributed by atoms with Crippen LogP contribution in [0.1, 0.15) is 91.5 Å². The molecule has 0 radical (unpaired) electrons. The van der Waals surface area contributed by atoms with E-state index >= 15 is 0 Å². The minimum absolute atomic E-state index is 0.101. The smallest absolute Gasteiger partial charge is 0.459 e. The van der Waals surface area contributed by atoms with Crippen LogP contribution < -0.4 is 39.7 Å². The molecule has 93 heavy (non-hydrogen) atoms. The molecule has 4 aromatic heterocycles. The van der Waals surface area contributed by atoms with Crippen LogP contribution in [0.25, 0.3) is 22.3 Å². The summed E-state index contributed by atoms with van der Waals surface area (Å²) < 4.78 is 87.9. The number of unbranched alkanes of at least 4 members (excludes halogenated alkanes) is 4. The number of nitrogens with two attached hydrogens (primary N) is 1. The standard InChI is InChI=1S/C31H43N6O9P.C30H41N6O9P/c1-6-8-10-14-18-43-28(39)21(3)36-47(41,46-22-15-12-11-13-16-22)44-19-23-25(38)31(4,40)29(45-23)37-20-33-24-26(37)34-30(32-5)35-27(24)42-17-9-7-2;1-5-7-9-13-17-42-27(38)20(3)35-46(40,45-21-14-11-10-12-15-21)43-18-22-24(37)30(4,39)28(44-22)36-19-32-23-25(36)33-29(31)34-26(23)41-16-8-6-2/h6-7,11-13,15-16,20-21,23,25,29,38,40H,1-2,8-10,14,17-19H2,3-5H3,(H,36,41)(H,32,34,35);5-6,10-12,14-15,19-20,22,24,28,37,39H,1-2,7-9,13,16-18H2,3-4H3,(H,35,40)(H2,31,33,34)/t21-,23?,25+,29?,31+,47?;20-,22?,24+,28?,30+,46?/m00/s1. The predicted octanol–water partition coefficient (Wildman–Crippen LogP) is 7.37. The summed E-state index contributed by atoms with van der Waals surface area (Å²) in [5, 5.41) is 53.2. The van der Waals surface area contributed by atoms with Crippen LogP contribution in [-0.4, -0.2) is 166 Å². The van der Waals surface area contributed by atoms with Crippen LogP contribution in [0.15, 0.2) is 124 Å². The van der Waals surface area contributed by atoms with Crippen LogP contribution in [0, 0.1) is 0 Å². The van der Waals surface area contributed by atoms with Crippen LogP contribution in [0.2, 0.25) is 0 Å². The number of benzene rings is 2. The second kappa shape index (κ2) is 33.9. The van der Waals surface area contributed by atoms with E-state index in [1.54, 1.807) is 92.0 Å². The molecule has 6 aromatic rings. The average molecular weight is 1340 g/mol. The molecule has 2 fully saturated rings. The molecule has 2 aromatic carbocycles. The molecule has 9 N–H and O–H groups in total. The van der Waals surface area contributed by atoms with Gasteiger partial charge in [0.25, 0.3) is 0 Å². The Labute approximate surface area is 538 Å². The number of rotatable bonds is 37. The quantitative estimate of drug-likeness (QED) is 0.00816. The van der Waals surface area contributed by atoms with E-state index in [-0.39, 0.29) is 71.8 Å². The fourth-order valence-corrected chi connectivity index (χ4v) is 12.4. The highest BCUT2D eigenvalue weighted by Crippen LogP contribution is 2.49. The summed E-state index contributed by atoms with van der Waals surface area (Å²) in [5.74, 6) is -0.400. The van der Waals surface area contributed by atoms with Gasteiger partial charge in [0.05, 0.1) is 52.3 Å². The third-order valence-corrected chi connectivity index (χ3v) is 17.7. The normalized spacial score (nSPS) is 22.8. The van der Waals surface area contributed by atoms with E-state index in [1.165, 1.54) is 49.5 Å². The number of hydrogen-bond acceptors (Lipinski definition) is 26. The van der Waals surface area contributed by atoms with Crippen LogP contribution in [0.4, 0.5) is 11.9 Å². The van der Waals surface area contributed by atoms with Crippen molar-refractivity contribution in [2.45, 2.75) is 139 Å². The number of carbonyl (C=O) groups is 2. The van der Waals surface area contributed by atoms with Crippen molar-refractivity contribution < 1.29 is 85.7 Å². The monoisotopic (exact) mass is 1330 g/mol. The minimum atomic E-state index is -4.28. The third-order valence-electron chi connectivity index (χ3n) is 14.4. The molecule has 12 atom stereocenters. The predicted molar refractivity (Wildman–Crippen MR) is 343 cm³/mol. The first-order chi connectivity index (χ1) is 44.5. The summed E-state index contributed by atoms with van der Waals surface area (Å²) >= 11 is 0. The molecule has 2 aliphatic rings. The van der Waals surface area contributed by atoms with E-state index in [2.05, 4.69) is 71.7 Å². The Bertz CT molecular complexity index is 3550. The van der Waals surface area contributed by atoms with Gasteiger partial charge in [0.2, 0.25) is 23.7 Å². The van der Waals surface area contributed by atoms with Crippen LogP contribution in [0.5, 0.6) is 23.3 Å². The van der Waals surface area contributed by atoms with Crippen molar-refractivity contribution in [2.24, 2.45) is 0 Å². The van der Waals surface area contributed by atoms with Crippen molar-refractivity contribution >= 4 is 61.7 Å². The van der Waals surface area contributed by atoms with Gasteiger partial charge < -0.3 is 68.9 Å². The molecule has 32 heteroatoms. The molecule has 6 unspecified atom stereocenters. The number of aliphatic hydroxyl groups is 4. The molecule has 0 saturated carbocycles. The summed E-state index contributed by atoms with van der Waals surface area (Å²) in [6.45, 7) is 20.3. The Hall–Kier alpha value is -7.70. The van der Waals surface area contributed by atoms with E-state index in [0.717, 1.165) is 25.7 Å². The molecule has 6 heterocycles. The highest BCUT2D eigenvalue weighted by atomic mass is 31.2. The van der Waals surface area contributed by atoms with E-state index in [9.17, 15) is 39.1 Å². The Morgan fingerprint density at radius 2 is 1.04 bits per heavy atom. The Morgan fingerprint density at radius 1 is 0.634 bits per heavy atom. The molecule has 8 rings (SSSR count). The van der Waals surface area contributed by atoms with Gasteiger partial charge in [0.1, 0.15) is 59.2 Å². The summed E-state index contributed by atoms with van der Waals surface area (Å²) in [4.78, 5) is 51.1. The maximum absolute atomic E-state index is 14.0. The van der Waals surface area contributed by atoms with E-state index in [4.69, 9.17) is 52.2 Å². The number of fused-ring (bicyclic) bond motifs is 2. The Balaban J connectivity index is 0.000000264. The molecule has 0 bridgehead atoms.